The number of aryl methyl sites for hydroxylation is 1. The van der Waals surface area contributed by atoms with Crippen molar-refractivity contribution in [2.75, 3.05) is 19.0 Å². The molecule has 1 rings (SSSR count). The second-order valence-corrected chi connectivity index (χ2v) is 4.83. The van der Waals surface area contributed by atoms with Crippen molar-refractivity contribution < 1.29 is 9.53 Å². The van der Waals surface area contributed by atoms with Crippen LogP contribution in [0.15, 0.2) is 29.3 Å². The summed E-state index contributed by atoms with van der Waals surface area (Å²) in [7, 11) is 1.41. The quantitative estimate of drug-likeness (QED) is 0.334. The van der Waals surface area contributed by atoms with Crippen LogP contribution in [-0.2, 0) is 16.0 Å². The average Bonchev–Trinajstić information content (AvgIpc) is 2.51. The Morgan fingerprint density at radius 3 is 2.57 bits per heavy atom. The van der Waals surface area contributed by atoms with Gasteiger partial charge < -0.3 is 15.8 Å². The molecule has 0 aliphatic rings. The maximum Gasteiger partial charge on any atom is 0.305 e. The van der Waals surface area contributed by atoms with Crippen LogP contribution in [0, 0.1) is 0 Å². The van der Waals surface area contributed by atoms with E-state index in [1.165, 1.54) is 12.7 Å². The van der Waals surface area contributed by atoms with E-state index in [1.54, 1.807) is 0 Å². The molecule has 0 aliphatic carbocycles. The van der Waals surface area contributed by atoms with E-state index >= 15 is 0 Å². The van der Waals surface area contributed by atoms with Gasteiger partial charge in [0.05, 0.1) is 7.11 Å². The lowest BCUT2D eigenvalue weighted by atomic mass is 10.1. The van der Waals surface area contributed by atoms with Gasteiger partial charge in [0.25, 0.3) is 0 Å². The van der Waals surface area contributed by atoms with E-state index in [2.05, 4.69) is 34.1 Å². The lowest BCUT2D eigenvalue weighted by Crippen LogP contribution is -2.22. The number of methoxy groups -OCH3 is 1. The highest BCUT2D eigenvalue weighted by atomic mass is 16.5. The van der Waals surface area contributed by atoms with Gasteiger partial charge in [-0.05, 0) is 37.0 Å². The third kappa shape index (κ3) is 7.34. The molecule has 0 fully saturated rings. The standard InChI is InChI=1S/C16H25N3O2/c1-3-13-8-10-14(11-9-13)19-16(17)18-12-6-4-5-7-15(20)21-2/h8-11H,3-7,12H2,1-2H3,(H3,17,18,19). The minimum absolute atomic E-state index is 0.157. The molecule has 0 aliphatic heterocycles. The monoisotopic (exact) mass is 291 g/mol. The molecular weight excluding hydrogens is 266 g/mol. The fraction of sp³-hybridized carbons (Fsp3) is 0.500. The second-order valence-electron chi connectivity index (χ2n) is 4.83. The maximum absolute atomic E-state index is 10.9. The number of rotatable bonds is 8. The van der Waals surface area contributed by atoms with Crippen molar-refractivity contribution >= 4 is 17.6 Å². The molecule has 5 heteroatoms. The van der Waals surface area contributed by atoms with Gasteiger partial charge in [-0.15, -0.1) is 0 Å². The summed E-state index contributed by atoms with van der Waals surface area (Å²) in [5.41, 5.74) is 8.06. The number of unbranched alkanes of at least 4 members (excludes halogenated alkanes) is 2. The molecule has 116 valence electrons. The van der Waals surface area contributed by atoms with E-state index < -0.39 is 0 Å². The predicted molar refractivity (Wildman–Crippen MR) is 86.4 cm³/mol. The van der Waals surface area contributed by atoms with Crippen LogP contribution in [0.5, 0.6) is 0 Å². The molecule has 1 aromatic carbocycles. The number of hydrogen-bond donors (Lipinski definition) is 2. The van der Waals surface area contributed by atoms with Gasteiger partial charge in [0.15, 0.2) is 5.96 Å². The van der Waals surface area contributed by atoms with Crippen molar-refractivity contribution in [2.45, 2.75) is 39.0 Å². The number of anilines is 1. The highest BCUT2D eigenvalue weighted by Gasteiger charge is 1.99. The van der Waals surface area contributed by atoms with Crippen LogP contribution in [0.4, 0.5) is 5.69 Å². The van der Waals surface area contributed by atoms with Crippen LogP contribution >= 0.6 is 0 Å². The molecule has 0 saturated carbocycles. The number of hydrogen-bond acceptors (Lipinski definition) is 3. The number of esters is 1. The van der Waals surface area contributed by atoms with Crippen LogP contribution in [0.25, 0.3) is 0 Å². The molecule has 0 bridgehead atoms. The third-order valence-electron chi connectivity index (χ3n) is 3.18. The fourth-order valence-corrected chi connectivity index (χ4v) is 1.87. The molecule has 0 heterocycles. The van der Waals surface area contributed by atoms with Crippen LogP contribution in [-0.4, -0.2) is 25.6 Å². The van der Waals surface area contributed by atoms with E-state index in [-0.39, 0.29) is 5.97 Å². The van der Waals surface area contributed by atoms with Crippen molar-refractivity contribution in [1.82, 2.24) is 0 Å². The number of carbonyl (C=O) groups is 1. The SMILES string of the molecule is CCc1ccc(NC(N)=NCCCCCC(=O)OC)cc1. The molecule has 21 heavy (non-hydrogen) atoms. The first-order valence-electron chi connectivity index (χ1n) is 7.38. The van der Waals surface area contributed by atoms with Crippen molar-refractivity contribution in [3.63, 3.8) is 0 Å². The van der Waals surface area contributed by atoms with E-state index in [0.717, 1.165) is 31.4 Å². The van der Waals surface area contributed by atoms with E-state index in [0.29, 0.717) is 18.9 Å². The summed E-state index contributed by atoms with van der Waals surface area (Å²) >= 11 is 0. The van der Waals surface area contributed by atoms with Gasteiger partial charge in [0.2, 0.25) is 0 Å². The highest BCUT2D eigenvalue weighted by molar-refractivity contribution is 5.92. The maximum atomic E-state index is 10.9. The molecule has 0 aromatic heterocycles. The van der Waals surface area contributed by atoms with Crippen molar-refractivity contribution in [3.05, 3.63) is 29.8 Å². The van der Waals surface area contributed by atoms with Gasteiger partial charge in [-0.25, -0.2) is 0 Å². The molecule has 1 aromatic rings. The zero-order valence-corrected chi connectivity index (χ0v) is 12.9. The van der Waals surface area contributed by atoms with Crippen LogP contribution in [0.1, 0.15) is 38.2 Å². The average molecular weight is 291 g/mol. The summed E-state index contributed by atoms with van der Waals surface area (Å²) in [6, 6.07) is 8.14. The fourth-order valence-electron chi connectivity index (χ4n) is 1.87. The Morgan fingerprint density at radius 2 is 1.95 bits per heavy atom. The smallest absolute Gasteiger partial charge is 0.305 e. The first-order valence-corrected chi connectivity index (χ1v) is 7.38. The van der Waals surface area contributed by atoms with E-state index in [1.807, 2.05) is 12.1 Å². The zero-order valence-electron chi connectivity index (χ0n) is 12.9. The number of carbonyl (C=O) groups excluding carboxylic acids is 1. The second kappa shape index (κ2) is 9.80. The molecule has 3 N–H and O–H groups in total. The Kier molecular flexibility index (Phi) is 7.94. The summed E-state index contributed by atoms with van der Waals surface area (Å²) < 4.78 is 4.58. The van der Waals surface area contributed by atoms with Crippen molar-refractivity contribution in [3.8, 4) is 0 Å². The Labute approximate surface area is 126 Å². The van der Waals surface area contributed by atoms with Crippen LogP contribution < -0.4 is 11.1 Å². The minimum atomic E-state index is -0.157. The molecule has 0 spiro atoms. The highest BCUT2D eigenvalue weighted by Crippen LogP contribution is 2.09. The molecule has 0 amide bonds. The van der Waals surface area contributed by atoms with Crippen molar-refractivity contribution in [2.24, 2.45) is 10.7 Å². The van der Waals surface area contributed by atoms with Gasteiger partial charge in [-0.1, -0.05) is 25.5 Å². The summed E-state index contributed by atoms with van der Waals surface area (Å²) in [5.74, 6) is 0.266. The predicted octanol–water partition coefficient (Wildman–Crippen LogP) is 2.71. The van der Waals surface area contributed by atoms with Gasteiger partial charge in [0, 0.05) is 18.7 Å². The number of nitrogens with zero attached hydrogens (tertiary/aromatic N) is 1. The topological polar surface area (TPSA) is 76.7 Å². The number of nitrogens with two attached hydrogens (primary N) is 1. The largest absolute Gasteiger partial charge is 0.469 e. The summed E-state index contributed by atoms with van der Waals surface area (Å²) in [6.07, 6.45) is 4.17. The Bertz CT molecular complexity index is 455. The summed E-state index contributed by atoms with van der Waals surface area (Å²) in [6.45, 7) is 2.78. The third-order valence-corrected chi connectivity index (χ3v) is 3.18. The van der Waals surface area contributed by atoms with Crippen molar-refractivity contribution in [1.29, 1.82) is 0 Å². The summed E-state index contributed by atoms with van der Waals surface area (Å²) in [5, 5.41) is 3.07. The normalized spacial score (nSPS) is 11.2. The van der Waals surface area contributed by atoms with Gasteiger partial charge in [0.1, 0.15) is 0 Å². The van der Waals surface area contributed by atoms with Crippen LogP contribution in [0.2, 0.25) is 0 Å². The Morgan fingerprint density at radius 1 is 1.24 bits per heavy atom. The molecule has 5 nitrogen and oxygen atoms in total. The van der Waals surface area contributed by atoms with E-state index in [9.17, 15) is 4.79 Å². The lowest BCUT2D eigenvalue weighted by molar-refractivity contribution is -0.140. The van der Waals surface area contributed by atoms with Crippen LogP contribution in [0.3, 0.4) is 0 Å². The molecule has 0 atom stereocenters. The summed E-state index contributed by atoms with van der Waals surface area (Å²) in [4.78, 5) is 15.2. The zero-order chi connectivity index (χ0) is 15.5. The molecular formula is C16H25N3O2. The first kappa shape index (κ1) is 17.0. The van der Waals surface area contributed by atoms with E-state index in [4.69, 9.17) is 5.73 Å². The number of ether oxygens (including phenoxy) is 1. The molecule has 0 unspecified atom stereocenters. The Balaban J connectivity index is 2.21. The van der Waals surface area contributed by atoms with Gasteiger partial charge in [-0.2, -0.15) is 0 Å². The number of guanidine groups is 1. The van der Waals surface area contributed by atoms with Gasteiger partial charge >= 0.3 is 5.97 Å². The lowest BCUT2D eigenvalue weighted by Gasteiger charge is -2.06. The number of nitrogens with one attached hydrogen (secondary N) is 1. The number of benzene rings is 1. The minimum Gasteiger partial charge on any atom is -0.469 e. The number of aliphatic imine (C=N–C) groups is 1. The molecule has 0 radical (unpaired) electrons. The first-order chi connectivity index (χ1) is 10.2. The van der Waals surface area contributed by atoms with Gasteiger partial charge in [-0.3, -0.25) is 9.79 Å². The Hall–Kier alpha value is -2.04. The molecule has 0 saturated heterocycles.